The van der Waals surface area contributed by atoms with Crippen molar-refractivity contribution in [1.82, 2.24) is 20.1 Å². The maximum atomic E-state index is 12.8. The summed E-state index contributed by atoms with van der Waals surface area (Å²) in [6.07, 6.45) is 2.70. The lowest BCUT2D eigenvalue weighted by atomic mass is 10.1. The third kappa shape index (κ3) is 3.44. The van der Waals surface area contributed by atoms with E-state index in [1.807, 2.05) is 59.3 Å². The van der Waals surface area contributed by atoms with Crippen LogP contribution in [-0.4, -0.2) is 20.7 Å². The molecule has 0 saturated heterocycles. The fourth-order valence-electron chi connectivity index (χ4n) is 3.06. The molecule has 4 rings (SSSR count). The first-order chi connectivity index (χ1) is 13.3. The van der Waals surface area contributed by atoms with Crippen molar-refractivity contribution in [2.24, 2.45) is 0 Å². The minimum Gasteiger partial charge on any atom is -0.345 e. The van der Waals surface area contributed by atoms with Crippen LogP contribution in [0.15, 0.2) is 72.9 Å². The maximum absolute atomic E-state index is 12.8. The van der Waals surface area contributed by atoms with Gasteiger partial charge in [-0.3, -0.25) is 9.78 Å². The normalized spacial score (nSPS) is 10.9. The summed E-state index contributed by atoms with van der Waals surface area (Å²) in [5, 5.41) is 8.35. The van der Waals surface area contributed by atoms with Gasteiger partial charge in [0.05, 0.1) is 23.4 Å². The van der Waals surface area contributed by atoms with Gasteiger partial charge in [-0.05, 0) is 42.3 Å². The van der Waals surface area contributed by atoms with E-state index in [4.69, 9.17) is 0 Å². The van der Waals surface area contributed by atoms with Crippen LogP contribution in [0.4, 0.5) is 0 Å². The van der Waals surface area contributed by atoms with Crippen molar-refractivity contribution in [3.63, 3.8) is 0 Å². The first-order valence-electron chi connectivity index (χ1n) is 9.01. The largest absolute Gasteiger partial charge is 0.345 e. The first kappa shape index (κ1) is 17.0. The standard InChI is InChI=1S/C22H20N4O/c1-2-16-10-12-18(13-11-16)26-20-9-4-3-8-19(20)21(25-26)22(27)24-15-17-7-5-6-14-23-17/h3-14H,2,15H2,1H3,(H,24,27). The number of nitrogens with zero attached hydrogens (tertiary/aromatic N) is 3. The Bertz CT molecular complexity index is 1070. The Hall–Kier alpha value is -3.47. The Balaban J connectivity index is 1.67. The molecule has 134 valence electrons. The van der Waals surface area contributed by atoms with Crippen LogP contribution in [0.1, 0.15) is 28.7 Å². The highest BCUT2D eigenvalue weighted by Gasteiger charge is 2.17. The molecule has 0 bridgehead atoms. The van der Waals surface area contributed by atoms with Gasteiger partial charge in [0, 0.05) is 11.6 Å². The molecule has 0 radical (unpaired) electrons. The number of carbonyl (C=O) groups excluding carboxylic acids is 1. The van der Waals surface area contributed by atoms with Gasteiger partial charge in [-0.25, -0.2) is 4.68 Å². The van der Waals surface area contributed by atoms with Gasteiger partial charge in [0.25, 0.3) is 5.91 Å². The quantitative estimate of drug-likeness (QED) is 0.590. The Morgan fingerprint density at radius 3 is 2.52 bits per heavy atom. The molecule has 0 fully saturated rings. The van der Waals surface area contributed by atoms with Crippen molar-refractivity contribution >= 4 is 16.8 Å². The summed E-state index contributed by atoms with van der Waals surface area (Å²) in [5.74, 6) is -0.208. The summed E-state index contributed by atoms with van der Waals surface area (Å²) in [7, 11) is 0. The minimum atomic E-state index is -0.208. The molecule has 5 heteroatoms. The molecule has 4 aromatic rings. The van der Waals surface area contributed by atoms with Crippen molar-refractivity contribution < 1.29 is 4.79 Å². The summed E-state index contributed by atoms with van der Waals surface area (Å²) < 4.78 is 1.82. The highest BCUT2D eigenvalue weighted by molar-refractivity contribution is 6.05. The van der Waals surface area contributed by atoms with Crippen LogP contribution < -0.4 is 5.32 Å². The van der Waals surface area contributed by atoms with Gasteiger partial charge in [0.2, 0.25) is 0 Å². The van der Waals surface area contributed by atoms with Crippen molar-refractivity contribution in [2.45, 2.75) is 19.9 Å². The van der Waals surface area contributed by atoms with E-state index >= 15 is 0 Å². The predicted octanol–water partition coefficient (Wildman–Crippen LogP) is 3.91. The molecule has 0 saturated carbocycles. The molecule has 2 aromatic heterocycles. The van der Waals surface area contributed by atoms with Gasteiger partial charge in [0.1, 0.15) is 0 Å². The Labute approximate surface area is 157 Å². The maximum Gasteiger partial charge on any atom is 0.272 e. The van der Waals surface area contributed by atoms with E-state index in [2.05, 4.69) is 34.5 Å². The molecule has 2 heterocycles. The zero-order valence-electron chi connectivity index (χ0n) is 15.1. The number of amides is 1. The molecule has 0 unspecified atom stereocenters. The molecule has 0 aliphatic carbocycles. The van der Waals surface area contributed by atoms with Gasteiger partial charge in [-0.1, -0.05) is 43.3 Å². The number of pyridine rings is 1. The van der Waals surface area contributed by atoms with Gasteiger partial charge >= 0.3 is 0 Å². The molecule has 5 nitrogen and oxygen atoms in total. The van der Waals surface area contributed by atoms with Crippen LogP contribution in [-0.2, 0) is 13.0 Å². The summed E-state index contributed by atoms with van der Waals surface area (Å²) in [6.45, 7) is 2.49. The summed E-state index contributed by atoms with van der Waals surface area (Å²) >= 11 is 0. The van der Waals surface area contributed by atoms with Crippen LogP contribution in [0.2, 0.25) is 0 Å². The molecule has 0 atom stereocenters. The van der Waals surface area contributed by atoms with Crippen LogP contribution in [0.3, 0.4) is 0 Å². The first-order valence-corrected chi connectivity index (χ1v) is 9.01. The number of para-hydroxylation sites is 1. The number of hydrogen-bond donors (Lipinski definition) is 1. The van der Waals surface area contributed by atoms with E-state index in [0.29, 0.717) is 12.2 Å². The smallest absolute Gasteiger partial charge is 0.272 e. The number of aryl methyl sites for hydroxylation is 1. The van der Waals surface area contributed by atoms with Gasteiger partial charge < -0.3 is 5.32 Å². The minimum absolute atomic E-state index is 0.208. The van der Waals surface area contributed by atoms with E-state index < -0.39 is 0 Å². The number of aromatic nitrogens is 3. The fraction of sp³-hybridized carbons (Fsp3) is 0.136. The van der Waals surface area contributed by atoms with Gasteiger partial charge in [-0.2, -0.15) is 5.10 Å². The second kappa shape index (κ2) is 7.41. The van der Waals surface area contributed by atoms with Crippen LogP contribution in [0.25, 0.3) is 16.6 Å². The highest BCUT2D eigenvalue weighted by atomic mass is 16.1. The summed E-state index contributed by atoms with van der Waals surface area (Å²) in [5.41, 5.74) is 4.34. The van der Waals surface area contributed by atoms with Crippen LogP contribution >= 0.6 is 0 Å². The summed E-state index contributed by atoms with van der Waals surface area (Å²) in [6, 6.07) is 21.7. The second-order valence-electron chi connectivity index (χ2n) is 6.30. The van der Waals surface area contributed by atoms with Crippen LogP contribution in [0.5, 0.6) is 0 Å². The van der Waals surface area contributed by atoms with E-state index in [1.165, 1.54) is 5.56 Å². The average Bonchev–Trinajstić information content (AvgIpc) is 3.13. The lowest BCUT2D eigenvalue weighted by Crippen LogP contribution is -2.24. The number of benzene rings is 2. The van der Waals surface area contributed by atoms with E-state index in [9.17, 15) is 4.79 Å². The SMILES string of the molecule is CCc1ccc(-n2nc(C(=O)NCc3ccccn3)c3ccccc32)cc1. The van der Waals surface area contributed by atoms with E-state index in [1.54, 1.807) is 6.20 Å². The Morgan fingerprint density at radius 1 is 1.00 bits per heavy atom. The van der Waals surface area contributed by atoms with Crippen molar-refractivity contribution in [3.8, 4) is 5.69 Å². The molecule has 0 spiro atoms. The lowest BCUT2D eigenvalue weighted by molar-refractivity contribution is 0.0946. The molecule has 27 heavy (non-hydrogen) atoms. The lowest BCUT2D eigenvalue weighted by Gasteiger charge is -2.04. The number of hydrogen-bond acceptors (Lipinski definition) is 3. The fourth-order valence-corrected chi connectivity index (χ4v) is 3.06. The molecular weight excluding hydrogens is 336 g/mol. The molecule has 2 aromatic carbocycles. The number of nitrogens with one attached hydrogen (secondary N) is 1. The van der Waals surface area contributed by atoms with Crippen molar-refractivity contribution in [1.29, 1.82) is 0 Å². The predicted molar refractivity (Wildman–Crippen MR) is 106 cm³/mol. The Kier molecular flexibility index (Phi) is 4.66. The van der Waals surface area contributed by atoms with Gasteiger partial charge in [0.15, 0.2) is 5.69 Å². The van der Waals surface area contributed by atoms with Crippen LogP contribution in [0, 0.1) is 0 Å². The van der Waals surface area contributed by atoms with E-state index in [0.717, 1.165) is 28.7 Å². The molecule has 1 amide bonds. The Morgan fingerprint density at radius 2 is 1.78 bits per heavy atom. The average molecular weight is 356 g/mol. The van der Waals surface area contributed by atoms with E-state index in [-0.39, 0.29) is 5.91 Å². The number of carbonyl (C=O) groups is 1. The zero-order chi connectivity index (χ0) is 18.6. The molecular formula is C22H20N4O. The summed E-state index contributed by atoms with van der Waals surface area (Å²) in [4.78, 5) is 17.0. The van der Waals surface area contributed by atoms with Crippen molar-refractivity contribution in [2.75, 3.05) is 0 Å². The topological polar surface area (TPSA) is 59.8 Å². The van der Waals surface area contributed by atoms with Crippen molar-refractivity contribution in [3.05, 3.63) is 89.9 Å². The highest BCUT2D eigenvalue weighted by Crippen LogP contribution is 2.22. The van der Waals surface area contributed by atoms with Gasteiger partial charge in [-0.15, -0.1) is 0 Å². The number of fused-ring (bicyclic) bond motifs is 1. The third-order valence-corrected chi connectivity index (χ3v) is 4.55. The number of rotatable bonds is 5. The zero-order valence-corrected chi connectivity index (χ0v) is 15.1. The third-order valence-electron chi connectivity index (χ3n) is 4.55. The molecule has 0 aliphatic rings. The molecule has 0 aliphatic heterocycles. The monoisotopic (exact) mass is 356 g/mol. The molecule has 1 N–H and O–H groups in total. The second-order valence-corrected chi connectivity index (χ2v) is 6.30.